The maximum absolute atomic E-state index is 12.6. The lowest BCUT2D eigenvalue weighted by Gasteiger charge is -2.21. The summed E-state index contributed by atoms with van der Waals surface area (Å²) in [4.78, 5) is 14.2. The van der Waals surface area contributed by atoms with Crippen LogP contribution in [0.2, 0.25) is 0 Å². The molecule has 0 aliphatic carbocycles. The zero-order chi connectivity index (χ0) is 17.1. The molecule has 1 aliphatic rings. The van der Waals surface area contributed by atoms with E-state index in [2.05, 4.69) is 0 Å². The lowest BCUT2D eigenvalue weighted by Crippen LogP contribution is -2.32. The Morgan fingerprint density at radius 1 is 1.00 bits per heavy atom. The van der Waals surface area contributed by atoms with Crippen molar-refractivity contribution in [3.63, 3.8) is 0 Å². The standard InChI is InChI=1S/C18H19NO5/c1-21-14-7-13(8-15(9-14)22-2)19-10-12-5-4-6-16(23-3)18(12)24-11-17(19)20/h4-9H,10-11H2,1-3H3. The second-order valence-corrected chi connectivity index (χ2v) is 5.29. The van der Waals surface area contributed by atoms with Crippen LogP contribution in [0.5, 0.6) is 23.0 Å². The van der Waals surface area contributed by atoms with Gasteiger partial charge in [0.1, 0.15) is 11.5 Å². The zero-order valence-corrected chi connectivity index (χ0v) is 13.9. The molecule has 126 valence electrons. The molecule has 0 aromatic heterocycles. The molecule has 0 saturated carbocycles. The SMILES string of the molecule is COc1cc(OC)cc(N2Cc3cccc(OC)c3OCC2=O)c1. The molecular formula is C18H19NO5. The summed E-state index contributed by atoms with van der Waals surface area (Å²) in [6.07, 6.45) is 0. The van der Waals surface area contributed by atoms with Crippen molar-refractivity contribution in [1.82, 2.24) is 0 Å². The Kier molecular flexibility index (Phi) is 4.46. The van der Waals surface area contributed by atoms with Gasteiger partial charge in [-0.15, -0.1) is 0 Å². The fourth-order valence-electron chi connectivity index (χ4n) is 2.66. The number of para-hydroxylation sites is 1. The van der Waals surface area contributed by atoms with E-state index in [1.165, 1.54) is 0 Å². The molecule has 1 aliphatic heterocycles. The maximum Gasteiger partial charge on any atom is 0.265 e. The van der Waals surface area contributed by atoms with E-state index in [1.54, 1.807) is 44.4 Å². The fourth-order valence-corrected chi connectivity index (χ4v) is 2.66. The van der Waals surface area contributed by atoms with Crippen molar-refractivity contribution in [3.05, 3.63) is 42.0 Å². The molecule has 1 heterocycles. The van der Waals surface area contributed by atoms with Crippen LogP contribution >= 0.6 is 0 Å². The number of anilines is 1. The van der Waals surface area contributed by atoms with Gasteiger partial charge in [-0.2, -0.15) is 0 Å². The van der Waals surface area contributed by atoms with E-state index < -0.39 is 0 Å². The van der Waals surface area contributed by atoms with Gasteiger partial charge in [0, 0.05) is 23.8 Å². The van der Waals surface area contributed by atoms with E-state index in [0.717, 1.165) is 5.56 Å². The van der Waals surface area contributed by atoms with Crippen molar-refractivity contribution >= 4 is 11.6 Å². The predicted octanol–water partition coefficient (Wildman–Crippen LogP) is 2.64. The molecule has 0 spiro atoms. The monoisotopic (exact) mass is 329 g/mol. The second kappa shape index (κ2) is 6.70. The smallest absolute Gasteiger partial charge is 0.265 e. The maximum atomic E-state index is 12.6. The number of methoxy groups -OCH3 is 3. The zero-order valence-electron chi connectivity index (χ0n) is 13.9. The van der Waals surface area contributed by atoms with Crippen LogP contribution in [0.3, 0.4) is 0 Å². The number of benzene rings is 2. The van der Waals surface area contributed by atoms with E-state index in [0.29, 0.717) is 35.2 Å². The minimum Gasteiger partial charge on any atom is -0.497 e. The minimum atomic E-state index is -0.149. The number of amides is 1. The van der Waals surface area contributed by atoms with Gasteiger partial charge in [0.15, 0.2) is 18.1 Å². The first-order valence-corrected chi connectivity index (χ1v) is 7.48. The summed E-state index contributed by atoms with van der Waals surface area (Å²) in [6, 6.07) is 11.0. The molecule has 0 radical (unpaired) electrons. The van der Waals surface area contributed by atoms with Gasteiger partial charge in [0.2, 0.25) is 0 Å². The molecule has 6 heteroatoms. The van der Waals surface area contributed by atoms with Gasteiger partial charge in [-0.1, -0.05) is 12.1 Å². The Balaban J connectivity index is 2.03. The number of nitrogens with zero attached hydrogens (tertiary/aromatic N) is 1. The van der Waals surface area contributed by atoms with Crippen molar-refractivity contribution in [2.75, 3.05) is 32.8 Å². The Labute approximate surface area is 140 Å². The third kappa shape index (κ3) is 2.95. The molecular weight excluding hydrogens is 310 g/mol. The quantitative estimate of drug-likeness (QED) is 0.863. The van der Waals surface area contributed by atoms with Gasteiger partial charge in [0.25, 0.3) is 5.91 Å². The van der Waals surface area contributed by atoms with Crippen LogP contribution in [-0.4, -0.2) is 33.8 Å². The normalized spacial score (nSPS) is 13.6. The summed E-state index contributed by atoms with van der Waals surface area (Å²) >= 11 is 0. The van der Waals surface area contributed by atoms with Crippen molar-refractivity contribution in [2.45, 2.75) is 6.54 Å². The van der Waals surface area contributed by atoms with Gasteiger partial charge in [-0.05, 0) is 6.07 Å². The highest BCUT2D eigenvalue weighted by molar-refractivity contribution is 5.95. The largest absolute Gasteiger partial charge is 0.497 e. The molecule has 0 saturated heterocycles. The number of carbonyl (C=O) groups excluding carboxylic acids is 1. The first-order chi connectivity index (χ1) is 11.7. The third-order valence-electron chi connectivity index (χ3n) is 3.90. The summed E-state index contributed by atoms with van der Waals surface area (Å²) in [6.45, 7) is 0.314. The summed E-state index contributed by atoms with van der Waals surface area (Å²) in [5, 5.41) is 0. The Hall–Kier alpha value is -2.89. The van der Waals surface area contributed by atoms with Gasteiger partial charge >= 0.3 is 0 Å². The fraction of sp³-hybridized carbons (Fsp3) is 0.278. The van der Waals surface area contributed by atoms with Gasteiger partial charge < -0.3 is 23.8 Å². The molecule has 2 aromatic carbocycles. The third-order valence-corrected chi connectivity index (χ3v) is 3.90. The topological polar surface area (TPSA) is 57.2 Å². The number of hydrogen-bond acceptors (Lipinski definition) is 5. The number of carbonyl (C=O) groups is 1. The van der Waals surface area contributed by atoms with Crippen LogP contribution in [0.1, 0.15) is 5.56 Å². The predicted molar refractivity (Wildman–Crippen MR) is 89.2 cm³/mol. The summed E-state index contributed by atoms with van der Waals surface area (Å²) < 4.78 is 21.6. The second-order valence-electron chi connectivity index (χ2n) is 5.29. The molecule has 0 N–H and O–H groups in total. The van der Waals surface area contributed by atoms with Crippen molar-refractivity contribution in [1.29, 1.82) is 0 Å². The molecule has 0 bridgehead atoms. The van der Waals surface area contributed by atoms with Gasteiger partial charge in [-0.3, -0.25) is 4.79 Å². The number of fused-ring (bicyclic) bond motifs is 1. The highest BCUT2D eigenvalue weighted by atomic mass is 16.5. The first kappa shape index (κ1) is 16.0. The van der Waals surface area contributed by atoms with E-state index in [4.69, 9.17) is 18.9 Å². The lowest BCUT2D eigenvalue weighted by molar-refractivity contribution is -0.120. The first-order valence-electron chi connectivity index (χ1n) is 7.48. The molecule has 6 nitrogen and oxygen atoms in total. The van der Waals surface area contributed by atoms with E-state index in [1.807, 2.05) is 18.2 Å². The molecule has 0 atom stereocenters. The van der Waals surface area contributed by atoms with Crippen molar-refractivity contribution in [3.8, 4) is 23.0 Å². The lowest BCUT2D eigenvalue weighted by atomic mass is 10.1. The van der Waals surface area contributed by atoms with Crippen LogP contribution in [0.15, 0.2) is 36.4 Å². The molecule has 2 aromatic rings. The molecule has 1 amide bonds. The highest BCUT2D eigenvalue weighted by Crippen LogP contribution is 2.36. The average Bonchev–Trinajstić information content (AvgIpc) is 2.80. The average molecular weight is 329 g/mol. The van der Waals surface area contributed by atoms with Crippen LogP contribution in [-0.2, 0) is 11.3 Å². The van der Waals surface area contributed by atoms with Crippen LogP contribution in [0.25, 0.3) is 0 Å². The van der Waals surface area contributed by atoms with Crippen molar-refractivity contribution < 1.29 is 23.7 Å². The summed E-state index contributed by atoms with van der Waals surface area (Å²) in [5.74, 6) is 2.31. The van der Waals surface area contributed by atoms with Crippen LogP contribution in [0, 0.1) is 0 Å². The van der Waals surface area contributed by atoms with Gasteiger partial charge in [0.05, 0.1) is 33.6 Å². The number of rotatable bonds is 4. The number of hydrogen-bond donors (Lipinski definition) is 0. The summed E-state index contributed by atoms with van der Waals surface area (Å²) in [5.41, 5.74) is 1.57. The molecule has 0 unspecified atom stereocenters. The van der Waals surface area contributed by atoms with Crippen LogP contribution < -0.4 is 23.8 Å². The summed E-state index contributed by atoms with van der Waals surface area (Å²) in [7, 11) is 4.73. The molecule has 24 heavy (non-hydrogen) atoms. The Morgan fingerprint density at radius 3 is 2.33 bits per heavy atom. The molecule has 0 fully saturated rings. The number of ether oxygens (including phenoxy) is 4. The van der Waals surface area contributed by atoms with E-state index in [9.17, 15) is 4.79 Å². The van der Waals surface area contributed by atoms with E-state index >= 15 is 0 Å². The van der Waals surface area contributed by atoms with Crippen molar-refractivity contribution in [2.24, 2.45) is 0 Å². The molecule has 3 rings (SSSR count). The minimum absolute atomic E-state index is 0.0626. The Morgan fingerprint density at radius 2 is 1.71 bits per heavy atom. The highest BCUT2D eigenvalue weighted by Gasteiger charge is 2.25. The van der Waals surface area contributed by atoms with Crippen LogP contribution in [0.4, 0.5) is 5.69 Å². The van der Waals surface area contributed by atoms with E-state index in [-0.39, 0.29) is 12.5 Å². The van der Waals surface area contributed by atoms with Gasteiger partial charge in [-0.25, -0.2) is 0 Å². The Bertz CT molecular complexity index is 737.